The first-order chi connectivity index (χ1) is 9.24. The van der Waals surface area contributed by atoms with Gasteiger partial charge in [0.05, 0.1) is 10.7 Å². The van der Waals surface area contributed by atoms with E-state index in [1.807, 2.05) is 0 Å². The average molecular weight is 274 g/mol. The maximum atomic E-state index is 10.3. The van der Waals surface area contributed by atoms with Crippen molar-refractivity contribution in [3.63, 3.8) is 0 Å². The second-order valence-electron chi connectivity index (χ2n) is 5.05. The number of rotatable bonds is 3. The zero-order valence-electron chi connectivity index (χ0n) is 10.6. The van der Waals surface area contributed by atoms with Crippen LogP contribution < -0.4 is 0 Å². The van der Waals surface area contributed by atoms with Crippen LogP contribution in [0.15, 0.2) is 36.5 Å². The predicted octanol–water partition coefficient (Wildman–Crippen LogP) is 3.50. The fraction of sp³-hybridized carbons (Fsp3) is 0.312. The molecule has 3 heteroatoms. The zero-order valence-corrected chi connectivity index (χ0v) is 11.4. The molecule has 2 nitrogen and oxygen atoms in total. The Morgan fingerprint density at radius 1 is 1.21 bits per heavy atom. The van der Waals surface area contributed by atoms with Gasteiger partial charge in [0.25, 0.3) is 0 Å². The minimum absolute atomic E-state index is 0.524. The Kier molecular flexibility index (Phi) is 3.54. The number of hydrogen-bond acceptors (Lipinski definition) is 2. The van der Waals surface area contributed by atoms with Gasteiger partial charge in [0.2, 0.25) is 0 Å². The van der Waals surface area contributed by atoms with Crippen LogP contribution in [0.5, 0.6) is 0 Å². The summed E-state index contributed by atoms with van der Waals surface area (Å²) in [6.45, 7) is 0. The molecule has 1 N–H and O–H groups in total. The largest absolute Gasteiger partial charge is 0.386 e. The highest BCUT2D eigenvalue weighted by atomic mass is 35.5. The molecule has 0 saturated heterocycles. The third kappa shape index (κ3) is 2.65. The van der Waals surface area contributed by atoms with E-state index in [2.05, 4.69) is 23.2 Å². The Morgan fingerprint density at radius 3 is 2.89 bits per heavy atom. The molecule has 19 heavy (non-hydrogen) atoms. The van der Waals surface area contributed by atoms with Gasteiger partial charge in [-0.25, -0.2) is 0 Å². The highest BCUT2D eigenvalue weighted by Gasteiger charge is 2.16. The molecule has 1 aliphatic rings. The van der Waals surface area contributed by atoms with Gasteiger partial charge >= 0.3 is 0 Å². The third-order valence-electron chi connectivity index (χ3n) is 3.69. The monoisotopic (exact) mass is 273 g/mol. The van der Waals surface area contributed by atoms with E-state index in [0.717, 1.165) is 12.0 Å². The molecule has 1 aromatic carbocycles. The molecule has 1 heterocycles. The van der Waals surface area contributed by atoms with Gasteiger partial charge in [-0.15, -0.1) is 0 Å². The van der Waals surface area contributed by atoms with Crippen LogP contribution in [0.3, 0.4) is 0 Å². The van der Waals surface area contributed by atoms with E-state index >= 15 is 0 Å². The molecule has 0 saturated carbocycles. The van der Waals surface area contributed by atoms with Gasteiger partial charge in [-0.1, -0.05) is 29.8 Å². The second kappa shape index (κ2) is 5.32. The normalized spacial score (nSPS) is 15.3. The number of fused-ring (bicyclic) bond motifs is 1. The van der Waals surface area contributed by atoms with Crippen molar-refractivity contribution in [3.05, 3.63) is 63.9 Å². The Morgan fingerprint density at radius 2 is 2.05 bits per heavy atom. The Bertz CT molecular complexity index is 597. The minimum atomic E-state index is -0.645. The van der Waals surface area contributed by atoms with Gasteiger partial charge in [-0.3, -0.25) is 4.98 Å². The van der Waals surface area contributed by atoms with E-state index in [4.69, 9.17) is 11.6 Å². The molecule has 1 aromatic heterocycles. The van der Waals surface area contributed by atoms with Gasteiger partial charge in [0, 0.05) is 12.6 Å². The molecule has 3 rings (SSSR count). The number of nitrogens with zero attached hydrogens (tertiary/aromatic N) is 1. The molecule has 1 aliphatic carbocycles. The van der Waals surface area contributed by atoms with Crippen LogP contribution in [0.1, 0.15) is 34.9 Å². The lowest BCUT2D eigenvalue weighted by Gasteiger charge is -2.12. The highest BCUT2D eigenvalue weighted by Crippen LogP contribution is 2.27. The molecule has 98 valence electrons. The Hall–Kier alpha value is -1.38. The fourth-order valence-electron chi connectivity index (χ4n) is 2.72. The summed E-state index contributed by atoms with van der Waals surface area (Å²) >= 11 is 6.06. The van der Waals surface area contributed by atoms with Crippen LogP contribution in [0.2, 0.25) is 5.02 Å². The number of aliphatic hydroxyl groups excluding tert-OH is 1. The average Bonchev–Trinajstić information content (AvgIpc) is 2.86. The van der Waals surface area contributed by atoms with E-state index in [9.17, 15) is 5.11 Å². The van der Waals surface area contributed by atoms with E-state index in [1.54, 1.807) is 18.3 Å². The summed E-state index contributed by atoms with van der Waals surface area (Å²) in [5, 5.41) is 10.8. The summed E-state index contributed by atoms with van der Waals surface area (Å²) in [6.07, 6.45) is 5.16. The van der Waals surface area contributed by atoms with Gasteiger partial charge < -0.3 is 5.11 Å². The first kappa shape index (κ1) is 12.6. The molecule has 1 unspecified atom stereocenters. The molecule has 2 aromatic rings. The SMILES string of the molecule is OC(Cc1ccc2c(c1)CCC2)c1ncccc1Cl. The summed E-state index contributed by atoms with van der Waals surface area (Å²) in [7, 11) is 0. The summed E-state index contributed by atoms with van der Waals surface area (Å²) in [4.78, 5) is 4.16. The van der Waals surface area contributed by atoms with Crippen molar-refractivity contribution in [1.29, 1.82) is 0 Å². The standard InChI is InChI=1S/C16H16ClNO/c17-14-5-2-8-18-16(14)15(19)10-11-6-7-12-3-1-4-13(12)9-11/h2,5-9,15,19H,1,3-4,10H2. The van der Waals surface area contributed by atoms with Crippen LogP contribution in [0.4, 0.5) is 0 Å². The van der Waals surface area contributed by atoms with Crippen molar-refractivity contribution in [1.82, 2.24) is 4.98 Å². The van der Waals surface area contributed by atoms with Crippen molar-refractivity contribution >= 4 is 11.6 Å². The second-order valence-corrected chi connectivity index (χ2v) is 5.45. The highest BCUT2D eigenvalue weighted by molar-refractivity contribution is 6.31. The van der Waals surface area contributed by atoms with Crippen LogP contribution in [-0.4, -0.2) is 10.1 Å². The molecular weight excluding hydrogens is 258 g/mol. The lowest BCUT2D eigenvalue weighted by Crippen LogP contribution is -2.05. The third-order valence-corrected chi connectivity index (χ3v) is 4.01. The predicted molar refractivity (Wildman–Crippen MR) is 76.4 cm³/mol. The van der Waals surface area contributed by atoms with Crippen molar-refractivity contribution in [3.8, 4) is 0 Å². The van der Waals surface area contributed by atoms with Crippen molar-refractivity contribution < 1.29 is 5.11 Å². The van der Waals surface area contributed by atoms with E-state index in [-0.39, 0.29) is 0 Å². The number of aliphatic hydroxyl groups is 1. The van der Waals surface area contributed by atoms with Crippen molar-refractivity contribution in [2.24, 2.45) is 0 Å². The Labute approximate surface area is 118 Å². The molecule has 1 atom stereocenters. The van der Waals surface area contributed by atoms with E-state index < -0.39 is 6.10 Å². The summed E-state index contributed by atoms with van der Waals surface area (Å²) < 4.78 is 0. The summed E-state index contributed by atoms with van der Waals surface area (Å²) in [6, 6.07) is 10.0. The van der Waals surface area contributed by atoms with Crippen molar-refractivity contribution in [2.45, 2.75) is 31.8 Å². The van der Waals surface area contributed by atoms with Gasteiger partial charge in [-0.2, -0.15) is 0 Å². The maximum Gasteiger partial charge on any atom is 0.101 e. The molecule has 0 bridgehead atoms. The number of benzene rings is 1. The van der Waals surface area contributed by atoms with Gasteiger partial charge in [0.15, 0.2) is 0 Å². The number of hydrogen-bond donors (Lipinski definition) is 1. The maximum absolute atomic E-state index is 10.3. The lowest BCUT2D eigenvalue weighted by molar-refractivity contribution is 0.173. The van der Waals surface area contributed by atoms with E-state index in [0.29, 0.717) is 17.1 Å². The van der Waals surface area contributed by atoms with Crippen LogP contribution in [0.25, 0.3) is 0 Å². The van der Waals surface area contributed by atoms with Crippen molar-refractivity contribution in [2.75, 3.05) is 0 Å². The number of aryl methyl sites for hydroxylation is 2. The molecular formula is C16H16ClNO. The van der Waals surface area contributed by atoms with Crippen LogP contribution in [-0.2, 0) is 19.3 Å². The molecule has 0 amide bonds. The van der Waals surface area contributed by atoms with E-state index in [1.165, 1.54) is 24.0 Å². The van der Waals surface area contributed by atoms with Gasteiger partial charge in [-0.05, 0) is 48.1 Å². The molecule has 0 fully saturated rings. The lowest BCUT2D eigenvalue weighted by atomic mass is 10.0. The molecule has 0 radical (unpaired) electrons. The first-order valence-electron chi connectivity index (χ1n) is 6.63. The Balaban J connectivity index is 1.80. The molecule has 0 aliphatic heterocycles. The first-order valence-corrected chi connectivity index (χ1v) is 7.01. The number of halogens is 1. The number of aromatic nitrogens is 1. The van der Waals surface area contributed by atoms with Crippen LogP contribution in [0, 0.1) is 0 Å². The van der Waals surface area contributed by atoms with Crippen LogP contribution >= 0.6 is 11.6 Å². The molecule has 0 spiro atoms. The quantitative estimate of drug-likeness (QED) is 0.928. The topological polar surface area (TPSA) is 33.1 Å². The van der Waals surface area contributed by atoms with Gasteiger partial charge in [0.1, 0.15) is 6.10 Å². The smallest absolute Gasteiger partial charge is 0.101 e. The summed E-state index contributed by atoms with van der Waals surface area (Å²) in [5.74, 6) is 0. The zero-order chi connectivity index (χ0) is 13.2. The fourth-order valence-corrected chi connectivity index (χ4v) is 2.96. The number of pyridine rings is 1. The minimum Gasteiger partial charge on any atom is -0.386 e. The summed E-state index contributed by atoms with van der Waals surface area (Å²) in [5.41, 5.74) is 4.59.